The Morgan fingerprint density at radius 2 is 1.58 bits per heavy atom. The molecule has 1 heterocycles. The van der Waals surface area contributed by atoms with Gasteiger partial charge in [0.1, 0.15) is 30.0 Å². The zero-order chi connectivity index (χ0) is 41.8. The van der Waals surface area contributed by atoms with Crippen LogP contribution in [0.15, 0.2) is 83.5 Å². The number of carbonyl (C=O) groups is 5. The molecule has 11 atom stereocenters. The minimum Gasteiger partial charge on any atom is -0.456 e. The molecule has 3 fully saturated rings. The summed E-state index contributed by atoms with van der Waals surface area (Å²) in [5.74, 6) is -5.84. The molecule has 0 aromatic heterocycles. The molecule has 0 spiro atoms. The van der Waals surface area contributed by atoms with E-state index in [1.165, 1.54) is 26.0 Å². The van der Waals surface area contributed by atoms with Gasteiger partial charge in [-0.2, -0.15) is 0 Å². The van der Waals surface area contributed by atoms with Crippen molar-refractivity contribution in [3.63, 3.8) is 0 Å². The Hall–Kier alpha value is -4.73. The zero-order valence-electron chi connectivity index (χ0n) is 33.1. The van der Waals surface area contributed by atoms with E-state index in [2.05, 4.69) is 5.32 Å². The third kappa shape index (κ3) is 6.70. The standard InChI is InChI=1S/C43H51NO13/c1-8-22(2)37(50)44-31(25-15-11-9-12-16-25)33(48)39(52)55-27-20-43(53)36(56-38(51)26-17-13-10-14-18-26)34-41(7,35(49)32(47)30(23(27)3)40(43,5)6)28(46)19-29-42(34,21-54-29)57-24(4)45/h8-18,27-29,31-34,36,46-48,53H,19-21H2,1-7H3,(H,44,50)/b22-8+/t27-,28-,29+,31?,32+,33+,34-,36-,41+,42-,43+/m0/s1. The number of amides is 1. The maximum Gasteiger partial charge on any atom is 0.338 e. The molecule has 0 radical (unpaired) electrons. The van der Waals surface area contributed by atoms with Gasteiger partial charge in [-0.1, -0.05) is 68.5 Å². The lowest BCUT2D eigenvalue weighted by atomic mass is 9.44. The summed E-state index contributed by atoms with van der Waals surface area (Å²) in [7, 11) is 0. The second-order valence-corrected chi connectivity index (χ2v) is 16.4. The van der Waals surface area contributed by atoms with Crippen molar-refractivity contribution in [1.82, 2.24) is 5.32 Å². The normalized spacial score (nSPS) is 34.2. The molecule has 306 valence electrons. The number of nitrogens with one attached hydrogen (secondary N) is 1. The molecule has 2 aromatic rings. The number of carbonyl (C=O) groups excluding carboxylic acids is 5. The van der Waals surface area contributed by atoms with Gasteiger partial charge in [-0.15, -0.1) is 0 Å². The first-order chi connectivity index (χ1) is 26.8. The highest BCUT2D eigenvalue weighted by atomic mass is 16.6. The fourth-order valence-electron chi connectivity index (χ4n) is 9.51. The van der Waals surface area contributed by atoms with Crippen LogP contribution < -0.4 is 5.32 Å². The molecular weight excluding hydrogens is 738 g/mol. The molecule has 1 amide bonds. The summed E-state index contributed by atoms with van der Waals surface area (Å²) in [4.78, 5) is 68.9. The number of Topliss-reactive ketones (excluding diaryl/α,β-unsaturated/α-hetero) is 1. The summed E-state index contributed by atoms with van der Waals surface area (Å²) >= 11 is 0. The highest BCUT2D eigenvalue weighted by Gasteiger charge is 2.78. The van der Waals surface area contributed by atoms with Crippen LogP contribution >= 0.6 is 0 Å². The van der Waals surface area contributed by atoms with E-state index in [0.717, 1.165) is 6.92 Å². The van der Waals surface area contributed by atoms with Crippen LogP contribution in [-0.4, -0.2) is 104 Å². The fourth-order valence-corrected chi connectivity index (χ4v) is 9.51. The molecule has 2 aromatic carbocycles. The summed E-state index contributed by atoms with van der Waals surface area (Å²) in [5.41, 5.74) is -6.75. The minimum absolute atomic E-state index is 0.0497. The van der Waals surface area contributed by atoms with E-state index in [-0.39, 0.29) is 29.7 Å². The van der Waals surface area contributed by atoms with Crippen LogP contribution in [0, 0.1) is 16.7 Å². The molecule has 1 saturated heterocycles. The van der Waals surface area contributed by atoms with Crippen LogP contribution in [0.5, 0.6) is 0 Å². The predicted molar refractivity (Wildman–Crippen MR) is 202 cm³/mol. The van der Waals surface area contributed by atoms with Crippen molar-refractivity contribution in [2.75, 3.05) is 6.61 Å². The van der Waals surface area contributed by atoms with Crippen molar-refractivity contribution in [3.8, 4) is 0 Å². The van der Waals surface area contributed by atoms with Gasteiger partial charge in [0.05, 0.1) is 35.6 Å². The molecule has 1 unspecified atom stereocenters. The van der Waals surface area contributed by atoms with Crippen molar-refractivity contribution in [2.24, 2.45) is 16.7 Å². The number of rotatable bonds is 9. The summed E-state index contributed by atoms with van der Waals surface area (Å²) < 4.78 is 24.1. The molecule has 2 saturated carbocycles. The predicted octanol–water partition coefficient (Wildman–Crippen LogP) is 2.82. The molecule has 3 aliphatic carbocycles. The Morgan fingerprint density at radius 1 is 0.965 bits per heavy atom. The minimum atomic E-state index is -2.34. The zero-order valence-corrected chi connectivity index (χ0v) is 33.1. The molecule has 5 N–H and O–H groups in total. The molecule has 57 heavy (non-hydrogen) atoms. The van der Waals surface area contributed by atoms with Gasteiger partial charge in [-0.25, -0.2) is 9.59 Å². The van der Waals surface area contributed by atoms with Gasteiger partial charge in [0.15, 0.2) is 17.5 Å². The molecule has 2 bridgehead atoms. The Balaban J connectivity index is 1.50. The second kappa shape index (κ2) is 15.2. The number of aliphatic hydroxyl groups is 4. The average molecular weight is 790 g/mol. The monoisotopic (exact) mass is 789 g/mol. The van der Waals surface area contributed by atoms with E-state index in [9.17, 15) is 44.4 Å². The molecule has 1 aliphatic heterocycles. The van der Waals surface area contributed by atoms with Gasteiger partial charge in [-0.3, -0.25) is 14.4 Å². The Bertz CT molecular complexity index is 1990. The van der Waals surface area contributed by atoms with Gasteiger partial charge in [0.25, 0.3) is 0 Å². The number of fused-ring (bicyclic) bond motifs is 5. The third-order valence-electron chi connectivity index (χ3n) is 13.0. The van der Waals surface area contributed by atoms with E-state index in [4.69, 9.17) is 18.9 Å². The lowest BCUT2D eigenvalue weighted by molar-refractivity contribution is -0.346. The molecule has 14 heteroatoms. The number of aliphatic hydroxyl groups excluding tert-OH is 3. The Kier molecular flexibility index (Phi) is 11.2. The third-order valence-corrected chi connectivity index (χ3v) is 13.0. The maximum atomic E-state index is 14.9. The van der Waals surface area contributed by atoms with Crippen molar-refractivity contribution in [2.45, 2.75) is 115 Å². The summed E-state index contributed by atoms with van der Waals surface area (Å²) in [5, 5.41) is 51.7. The van der Waals surface area contributed by atoms with Crippen molar-refractivity contribution in [3.05, 3.63) is 94.6 Å². The summed E-state index contributed by atoms with van der Waals surface area (Å²) in [6, 6.07) is 14.9. The lowest BCUT2D eigenvalue weighted by Gasteiger charge is -2.67. The lowest BCUT2D eigenvalue weighted by Crippen LogP contribution is -2.81. The number of benzene rings is 2. The van der Waals surface area contributed by atoms with Gasteiger partial charge in [0, 0.05) is 30.8 Å². The van der Waals surface area contributed by atoms with Crippen molar-refractivity contribution in [1.29, 1.82) is 0 Å². The highest BCUT2D eigenvalue weighted by Crippen LogP contribution is 2.64. The molecule has 6 rings (SSSR count). The quantitative estimate of drug-likeness (QED) is 0.107. The number of allylic oxidation sites excluding steroid dienone is 1. The van der Waals surface area contributed by atoms with Gasteiger partial charge in [0.2, 0.25) is 5.91 Å². The molecule has 4 aliphatic rings. The molecule has 14 nitrogen and oxygen atoms in total. The first-order valence-corrected chi connectivity index (χ1v) is 19.0. The van der Waals surface area contributed by atoms with Crippen LogP contribution in [0.3, 0.4) is 0 Å². The fraction of sp³-hybridized carbons (Fsp3) is 0.512. The van der Waals surface area contributed by atoms with Gasteiger partial charge < -0.3 is 44.7 Å². The van der Waals surface area contributed by atoms with E-state index in [1.54, 1.807) is 82.3 Å². The second-order valence-electron chi connectivity index (χ2n) is 16.4. The van der Waals surface area contributed by atoms with Gasteiger partial charge >= 0.3 is 17.9 Å². The number of ether oxygens (including phenoxy) is 4. The van der Waals surface area contributed by atoms with Crippen LogP contribution in [0.1, 0.15) is 83.3 Å². The van der Waals surface area contributed by atoms with Crippen LogP contribution in [-0.2, 0) is 38.1 Å². The maximum absolute atomic E-state index is 14.9. The van der Waals surface area contributed by atoms with Crippen molar-refractivity contribution < 1.29 is 63.3 Å². The van der Waals surface area contributed by atoms with E-state index in [0.29, 0.717) is 11.1 Å². The summed E-state index contributed by atoms with van der Waals surface area (Å²) in [6.45, 7) is 10.1. The highest BCUT2D eigenvalue weighted by molar-refractivity contribution is 5.95. The molecular formula is C43H51NO13. The van der Waals surface area contributed by atoms with Crippen LogP contribution in [0.25, 0.3) is 0 Å². The Morgan fingerprint density at radius 3 is 2.14 bits per heavy atom. The SMILES string of the molecule is C/C=C(\C)C(=O)NC(c1ccccc1)[C@@H](O)C(=O)O[C@H]1C[C@@]2(O)[C@@H](OC(=O)c3ccccc3)[C@@H]3[C@]4(OC(C)=O)CO[C@@H]4C[C@H](O)[C@@]3(C)C(=O)[C@H](O)C(=C1C)C2(C)C. The number of esters is 3. The largest absolute Gasteiger partial charge is 0.456 e. The summed E-state index contributed by atoms with van der Waals surface area (Å²) in [6.07, 6.45) is -8.83. The number of hydrogen-bond acceptors (Lipinski definition) is 13. The Labute approximate surface area is 330 Å². The number of ketones is 1. The smallest absolute Gasteiger partial charge is 0.338 e. The van der Waals surface area contributed by atoms with E-state index >= 15 is 0 Å². The van der Waals surface area contributed by atoms with Crippen LogP contribution in [0.4, 0.5) is 0 Å². The first-order valence-electron chi connectivity index (χ1n) is 19.0. The average Bonchev–Trinajstić information content (AvgIpc) is 3.18. The van der Waals surface area contributed by atoms with Crippen molar-refractivity contribution >= 4 is 29.6 Å². The van der Waals surface area contributed by atoms with E-state index in [1.807, 2.05) is 0 Å². The number of hydrogen-bond donors (Lipinski definition) is 5. The van der Waals surface area contributed by atoms with Gasteiger partial charge in [-0.05, 0) is 56.5 Å². The first kappa shape index (κ1) is 41.9. The van der Waals surface area contributed by atoms with E-state index < -0.39 is 107 Å². The van der Waals surface area contributed by atoms with Crippen LogP contribution in [0.2, 0.25) is 0 Å². The topological polar surface area (TPSA) is 215 Å².